The number of aromatic nitrogens is 3. The number of nitrogens with zero attached hydrogens (tertiary/aromatic N) is 5. The van der Waals surface area contributed by atoms with Gasteiger partial charge in [-0.1, -0.05) is 25.1 Å². The van der Waals surface area contributed by atoms with Gasteiger partial charge in [-0.2, -0.15) is 5.10 Å². The second kappa shape index (κ2) is 11.0. The minimum atomic E-state index is 0.185. The van der Waals surface area contributed by atoms with Gasteiger partial charge >= 0.3 is 0 Å². The molecule has 1 aromatic carbocycles. The molecule has 1 fully saturated rings. The van der Waals surface area contributed by atoms with Crippen molar-refractivity contribution in [2.75, 3.05) is 65.0 Å². The number of hydrogen-bond acceptors (Lipinski definition) is 7. The van der Waals surface area contributed by atoms with E-state index < -0.39 is 0 Å². The van der Waals surface area contributed by atoms with Crippen LogP contribution in [0.15, 0.2) is 24.4 Å². The second-order valence-electron chi connectivity index (χ2n) is 9.33. The first-order chi connectivity index (χ1) is 16.4. The van der Waals surface area contributed by atoms with Crippen molar-refractivity contribution >= 4 is 50.2 Å². The van der Waals surface area contributed by atoms with Crippen molar-refractivity contribution in [1.29, 1.82) is 0 Å². The summed E-state index contributed by atoms with van der Waals surface area (Å²) in [6.45, 7) is 9.30. The van der Waals surface area contributed by atoms with Crippen molar-refractivity contribution in [2.45, 2.75) is 32.7 Å². The van der Waals surface area contributed by atoms with Gasteiger partial charge in [-0.05, 0) is 18.7 Å². The average molecular weight is 486 g/mol. The number of carbonyl (C=O) groups is 1. The van der Waals surface area contributed by atoms with E-state index >= 15 is 0 Å². The Hall–Kier alpha value is -2.20. The zero-order chi connectivity index (χ0) is 24.1. The van der Waals surface area contributed by atoms with E-state index in [1.807, 2.05) is 10.9 Å². The third-order valence-electron chi connectivity index (χ3n) is 6.93. The number of aryl methyl sites for hydroxylation is 1. The van der Waals surface area contributed by atoms with Gasteiger partial charge in [-0.3, -0.25) is 18.9 Å². The molecule has 0 bridgehead atoms. The molecule has 0 spiro atoms. The van der Waals surface area contributed by atoms with Crippen molar-refractivity contribution in [3.8, 4) is 0 Å². The number of rotatable bonds is 10. The highest BCUT2D eigenvalue weighted by molar-refractivity contribution is 8.13. The predicted octanol–water partition coefficient (Wildman–Crippen LogP) is 3.52. The lowest BCUT2D eigenvalue weighted by molar-refractivity contribution is -0.112. The number of thioether (sulfide) groups is 1. The summed E-state index contributed by atoms with van der Waals surface area (Å²) in [5.74, 6) is 0.500. The largest absolute Gasteiger partial charge is 0.382 e. The number of benzene rings is 1. The molecule has 0 amide bonds. The van der Waals surface area contributed by atoms with Crippen molar-refractivity contribution in [3.63, 3.8) is 0 Å². The smallest absolute Gasteiger partial charge is 0.190 e. The molecule has 1 aliphatic rings. The molecular weight excluding hydrogens is 448 g/mol. The van der Waals surface area contributed by atoms with Gasteiger partial charge in [-0.25, -0.2) is 4.98 Å². The highest BCUT2D eigenvalue weighted by atomic mass is 32.2. The molecule has 3 aromatic rings. The number of nitrogen functional groups attached to an aromatic ring is 1. The maximum absolute atomic E-state index is 11.4. The summed E-state index contributed by atoms with van der Waals surface area (Å²) in [6.07, 6.45) is 6.65. The zero-order valence-corrected chi connectivity index (χ0v) is 21.4. The maximum atomic E-state index is 11.4. The minimum Gasteiger partial charge on any atom is -0.382 e. The van der Waals surface area contributed by atoms with E-state index in [1.54, 1.807) is 0 Å². The number of anilines is 1. The van der Waals surface area contributed by atoms with Crippen molar-refractivity contribution < 1.29 is 9.53 Å². The summed E-state index contributed by atoms with van der Waals surface area (Å²) in [6, 6.07) is 6.59. The van der Waals surface area contributed by atoms with E-state index in [-0.39, 0.29) is 5.12 Å². The number of piperazine rings is 1. The lowest BCUT2D eigenvalue weighted by atomic mass is 10.1. The molecule has 9 heteroatoms. The number of hydrogen-bond donors (Lipinski definition) is 1. The van der Waals surface area contributed by atoms with Crippen LogP contribution < -0.4 is 10.2 Å². The molecule has 34 heavy (non-hydrogen) atoms. The Balaban J connectivity index is 1.44. The van der Waals surface area contributed by atoms with E-state index in [1.165, 1.54) is 17.4 Å². The SMILES string of the molecule is CCCCn1cc2c(n1)c(N)nc1ccc([N+]3(C)CCN(CCOCCC(=O)SC)CC3)cc12. The first-order valence-corrected chi connectivity index (χ1v) is 13.4. The van der Waals surface area contributed by atoms with Gasteiger partial charge in [-0.15, -0.1) is 0 Å². The van der Waals surface area contributed by atoms with E-state index in [0.717, 1.165) is 78.4 Å². The Labute approximate surface area is 206 Å². The number of likely N-dealkylation sites (N-methyl/N-ethyl adjacent to an activating group) is 1. The van der Waals surface area contributed by atoms with Gasteiger partial charge < -0.3 is 10.5 Å². The van der Waals surface area contributed by atoms with Gasteiger partial charge in [0.25, 0.3) is 0 Å². The molecule has 2 N–H and O–H groups in total. The van der Waals surface area contributed by atoms with E-state index in [4.69, 9.17) is 15.6 Å². The number of carbonyl (C=O) groups excluding carboxylic acids is 1. The highest BCUT2D eigenvalue weighted by Crippen LogP contribution is 2.32. The number of fused-ring (bicyclic) bond motifs is 3. The molecule has 4 rings (SSSR count). The van der Waals surface area contributed by atoms with E-state index in [2.05, 4.69) is 48.3 Å². The van der Waals surface area contributed by atoms with Crippen molar-refractivity contribution in [1.82, 2.24) is 24.1 Å². The molecule has 2 aromatic heterocycles. The summed E-state index contributed by atoms with van der Waals surface area (Å²) >= 11 is 1.27. The quantitative estimate of drug-likeness (QED) is 0.347. The molecular formula is C25H37N6O2S+. The van der Waals surface area contributed by atoms with Crippen LogP contribution in [0.3, 0.4) is 0 Å². The predicted molar refractivity (Wildman–Crippen MR) is 142 cm³/mol. The standard InChI is InChI=1S/C25H37N6O2S/c1-4-5-9-30-18-21-20-17-19(6-7-22(20)27-25(26)24(21)28-30)31(2)13-10-29(11-14-31)12-16-33-15-8-23(32)34-3/h6-7,17-18H,4-5,8-16H2,1-3H3,(H2,26,27)/q+1. The first kappa shape index (κ1) is 24.9. The Bertz CT molecular complexity index is 1140. The molecule has 0 saturated carbocycles. The van der Waals surface area contributed by atoms with Crippen molar-refractivity contribution in [3.05, 3.63) is 24.4 Å². The summed E-state index contributed by atoms with van der Waals surface area (Å²) in [4.78, 5) is 18.4. The summed E-state index contributed by atoms with van der Waals surface area (Å²) in [5, 5.41) is 7.11. The topological polar surface area (TPSA) is 86.3 Å². The number of quaternary nitrogens is 1. The lowest BCUT2D eigenvalue weighted by Gasteiger charge is -2.41. The molecule has 8 nitrogen and oxygen atoms in total. The highest BCUT2D eigenvalue weighted by Gasteiger charge is 2.31. The molecule has 184 valence electrons. The van der Waals surface area contributed by atoms with Crippen LogP contribution in [-0.2, 0) is 16.1 Å². The molecule has 0 radical (unpaired) electrons. The van der Waals surface area contributed by atoms with Crippen LogP contribution in [0.1, 0.15) is 26.2 Å². The fourth-order valence-corrected chi connectivity index (χ4v) is 4.87. The van der Waals surface area contributed by atoms with Gasteiger partial charge in [0.15, 0.2) is 10.9 Å². The van der Waals surface area contributed by atoms with Crippen LogP contribution in [0.4, 0.5) is 11.5 Å². The van der Waals surface area contributed by atoms with Gasteiger partial charge in [0, 0.05) is 61.7 Å². The summed E-state index contributed by atoms with van der Waals surface area (Å²) < 4.78 is 8.57. The molecule has 0 aliphatic carbocycles. The third kappa shape index (κ3) is 5.54. The second-order valence-corrected chi connectivity index (χ2v) is 10.2. The number of pyridine rings is 1. The number of ether oxygens (including phenoxy) is 1. The Kier molecular flexibility index (Phi) is 8.08. The lowest BCUT2D eigenvalue weighted by Crippen LogP contribution is -2.58. The van der Waals surface area contributed by atoms with Gasteiger partial charge in [0.1, 0.15) is 11.2 Å². The molecule has 1 saturated heterocycles. The fourth-order valence-electron chi connectivity index (χ4n) is 4.58. The van der Waals surface area contributed by atoms with Crippen LogP contribution >= 0.6 is 11.8 Å². The van der Waals surface area contributed by atoms with E-state index in [9.17, 15) is 4.79 Å². The molecule has 0 atom stereocenters. The Morgan fingerprint density at radius 1 is 1.21 bits per heavy atom. The third-order valence-corrected chi connectivity index (χ3v) is 7.59. The van der Waals surface area contributed by atoms with Crippen LogP contribution in [0.5, 0.6) is 0 Å². The molecule has 1 aliphatic heterocycles. The van der Waals surface area contributed by atoms with Gasteiger partial charge in [0.2, 0.25) is 0 Å². The normalized spacial score (nSPS) is 16.4. The van der Waals surface area contributed by atoms with Gasteiger partial charge in [0.05, 0.1) is 38.9 Å². The van der Waals surface area contributed by atoms with Crippen LogP contribution in [0.25, 0.3) is 21.8 Å². The van der Waals surface area contributed by atoms with Crippen LogP contribution in [0, 0.1) is 0 Å². The van der Waals surface area contributed by atoms with Crippen LogP contribution in [-0.4, -0.2) is 84.0 Å². The minimum absolute atomic E-state index is 0.185. The summed E-state index contributed by atoms with van der Waals surface area (Å²) in [5.41, 5.74) is 9.26. The monoisotopic (exact) mass is 485 g/mol. The fraction of sp³-hybridized carbons (Fsp3) is 0.560. The first-order valence-electron chi connectivity index (χ1n) is 12.2. The molecule has 0 unspecified atom stereocenters. The Morgan fingerprint density at radius 2 is 2.00 bits per heavy atom. The average Bonchev–Trinajstić information content (AvgIpc) is 3.28. The molecule has 3 heterocycles. The zero-order valence-electron chi connectivity index (χ0n) is 20.6. The van der Waals surface area contributed by atoms with E-state index in [0.29, 0.717) is 25.5 Å². The number of unbranched alkanes of at least 4 members (excludes halogenated alkanes) is 1. The Morgan fingerprint density at radius 3 is 2.74 bits per heavy atom. The number of nitrogens with two attached hydrogens (primary N) is 1. The van der Waals surface area contributed by atoms with Crippen molar-refractivity contribution in [2.24, 2.45) is 0 Å². The van der Waals surface area contributed by atoms with Crippen LogP contribution in [0.2, 0.25) is 0 Å². The maximum Gasteiger partial charge on any atom is 0.190 e. The summed E-state index contributed by atoms with van der Waals surface area (Å²) in [7, 11) is 2.32.